The van der Waals surface area contributed by atoms with Crippen molar-refractivity contribution in [2.24, 2.45) is 5.92 Å². The maximum atomic E-state index is 14.6. The summed E-state index contributed by atoms with van der Waals surface area (Å²) in [5.41, 5.74) is 8.18. The van der Waals surface area contributed by atoms with Gasteiger partial charge >= 0.3 is 0 Å². The summed E-state index contributed by atoms with van der Waals surface area (Å²) >= 11 is 1.62. The number of rotatable bonds is 10. The van der Waals surface area contributed by atoms with Crippen LogP contribution in [-0.2, 0) is 17.7 Å². The minimum absolute atomic E-state index is 0.131. The number of halogens is 1. The topological polar surface area (TPSA) is 72.5 Å². The highest BCUT2D eigenvalue weighted by molar-refractivity contribution is 7.18. The molecule has 0 radical (unpaired) electrons. The average Bonchev–Trinajstić information content (AvgIpc) is 3.53. The van der Waals surface area contributed by atoms with E-state index in [2.05, 4.69) is 54.1 Å². The maximum absolute atomic E-state index is 14.6. The number of benzene rings is 3. The fourth-order valence-electron chi connectivity index (χ4n) is 5.59. The Hall–Kier alpha value is -4.11. The van der Waals surface area contributed by atoms with Crippen molar-refractivity contribution >= 4 is 27.3 Å². The largest absolute Gasteiger partial charge is 0.490 e. The average molecular weight is 610 g/mol. The molecule has 1 aliphatic heterocycles. The molecule has 2 aromatic heterocycles. The van der Waals surface area contributed by atoms with E-state index in [9.17, 15) is 9.18 Å². The van der Waals surface area contributed by atoms with Crippen LogP contribution < -0.4 is 15.4 Å². The third kappa shape index (κ3) is 6.24. The van der Waals surface area contributed by atoms with Gasteiger partial charge in [0.1, 0.15) is 18.2 Å². The second kappa shape index (κ2) is 13.3. The fraction of sp³-hybridized carbons (Fsp3) is 0.278. The first-order valence-electron chi connectivity index (χ1n) is 15.0. The van der Waals surface area contributed by atoms with Crippen molar-refractivity contribution < 1.29 is 18.7 Å². The second-order valence-electron chi connectivity index (χ2n) is 11.4. The van der Waals surface area contributed by atoms with Gasteiger partial charge in [0.05, 0.1) is 18.0 Å². The van der Waals surface area contributed by atoms with Gasteiger partial charge in [-0.3, -0.25) is 4.79 Å². The quantitative estimate of drug-likeness (QED) is 0.161. The molecule has 226 valence electrons. The fourth-order valence-corrected chi connectivity index (χ4v) is 6.55. The Labute approximate surface area is 261 Å². The lowest BCUT2D eigenvalue weighted by Gasteiger charge is -2.20. The molecule has 0 aliphatic carbocycles. The Morgan fingerprint density at radius 3 is 2.73 bits per heavy atom. The van der Waals surface area contributed by atoms with Gasteiger partial charge in [-0.2, -0.15) is 0 Å². The molecule has 6 nitrogen and oxygen atoms in total. The van der Waals surface area contributed by atoms with Crippen LogP contribution >= 0.6 is 11.3 Å². The number of thiophene rings is 1. The normalized spacial score (nSPS) is 12.8. The van der Waals surface area contributed by atoms with Crippen LogP contribution in [0.4, 0.5) is 4.39 Å². The lowest BCUT2D eigenvalue weighted by molar-refractivity contribution is 0.0949. The van der Waals surface area contributed by atoms with E-state index in [0.717, 1.165) is 57.5 Å². The minimum Gasteiger partial charge on any atom is -0.490 e. The number of fused-ring (bicyclic) bond motifs is 2. The molecule has 1 aliphatic rings. The van der Waals surface area contributed by atoms with Crippen LogP contribution in [-0.4, -0.2) is 44.3 Å². The molecule has 0 spiro atoms. The zero-order chi connectivity index (χ0) is 30.6. The summed E-state index contributed by atoms with van der Waals surface area (Å²) in [5, 5.41) is 9.55. The van der Waals surface area contributed by atoms with Gasteiger partial charge < -0.3 is 20.1 Å². The standard InChI is InChI=1S/C36H36FN3O3S/c1-22(2)20-39-36(41)26-6-4-5-24(18-26)34-32(29-10-9-28(37)19-31(29)43-15-14-42-3)35-30(12-16-44-35)33(40-34)25-7-8-27-21-38-13-11-23(27)17-25/h4-10,12,16-19,22,38H,11,13-15,20-21H2,1-3H3,(H,39,41). The number of nitrogens with zero attached hydrogens (tertiary/aromatic N) is 1. The van der Waals surface area contributed by atoms with E-state index >= 15 is 0 Å². The molecule has 1 amide bonds. The van der Waals surface area contributed by atoms with Crippen LogP contribution in [0.5, 0.6) is 5.75 Å². The van der Waals surface area contributed by atoms with E-state index in [4.69, 9.17) is 14.5 Å². The van der Waals surface area contributed by atoms with E-state index in [0.29, 0.717) is 36.1 Å². The maximum Gasteiger partial charge on any atom is 0.251 e. The molecule has 2 N–H and O–H groups in total. The third-order valence-corrected chi connectivity index (χ3v) is 8.73. The van der Waals surface area contributed by atoms with Crippen molar-refractivity contribution in [2.45, 2.75) is 26.8 Å². The first kappa shape index (κ1) is 29.9. The van der Waals surface area contributed by atoms with Crippen LogP contribution in [0.15, 0.2) is 72.1 Å². The SMILES string of the molecule is COCCOc1cc(F)ccc1-c1c(-c2cccc(C(=O)NCC(C)C)c2)nc(-c2ccc3c(c2)CCNC3)c2ccsc12. The van der Waals surface area contributed by atoms with Gasteiger partial charge in [0.2, 0.25) is 0 Å². The van der Waals surface area contributed by atoms with Crippen molar-refractivity contribution in [1.82, 2.24) is 15.6 Å². The molecular formula is C36H36FN3O3S. The Kier molecular flexibility index (Phi) is 9.02. The molecule has 3 heterocycles. The van der Waals surface area contributed by atoms with Crippen molar-refractivity contribution in [2.75, 3.05) is 33.4 Å². The van der Waals surface area contributed by atoms with E-state index in [-0.39, 0.29) is 18.3 Å². The molecule has 8 heteroatoms. The number of hydrogen-bond acceptors (Lipinski definition) is 6. The highest BCUT2D eigenvalue weighted by atomic mass is 32.1. The molecular weight excluding hydrogens is 573 g/mol. The predicted molar refractivity (Wildman–Crippen MR) is 176 cm³/mol. The zero-order valence-corrected chi connectivity index (χ0v) is 26.0. The number of aromatic nitrogens is 1. The number of carbonyl (C=O) groups is 1. The Bertz CT molecular complexity index is 1820. The molecule has 0 saturated heterocycles. The van der Waals surface area contributed by atoms with Crippen LogP contribution in [0.3, 0.4) is 0 Å². The minimum atomic E-state index is -0.387. The van der Waals surface area contributed by atoms with E-state index in [1.807, 2.05) is 24.3 Å². The molecule has 0 bridgehead atoms. The number of amides is 1. The van der Waals surface area contributed by atoms with Gasteiger partial charge in [-0.05, 0) is 71.8 Å². The summed E-state index contributed by atoms with van der Waals surface area (Å²) in [5.74, 6) is 0.233. The van der Waals surface area contributed by atoms with E-state index < -0.39 is 0 Å². The number of ether oxygens (including phenoxy) is 2. The van der Waals surface area contributed by atoms with Gasteiger partial charge in [0.25, 0.3) is 5.91 Å². The highest BCUT2D eigenvalue weighted by Gasteiger charge is 2.23. The lowest BCUT2D eigenvalue weighted by atomic mass is 9.92. The summed E-state index contributed by atoms with van der Waals surface area (Å²) in [6, 6.07) is 20.9. The number of methoxy groups -OCH3 is 1. The molecule has 0 saturated carbocycles. The smallest absolute Gasteiger partial charge is 0.251 e. The van der Waals surface area contributed by atoms with Gasteiger partial charge in [-0.1, -0.05) is 38.1 Å². The number of pyridine rings is 1. The molecule has 6 rings (SSSR count). The van der Waals surface area contributed by atoms with Crippen molar-refractivity contribution in [3.8, 4) is 39.4 Å². The number of hydrogen-bond donors (Lipinski definition) is 2. The summed E-state index contributed by atoms with van der Waals surface area (Å²) in [7, 11) is 1.60. The number of carbonyl (C=O) groups excluding carboxylic acids is 1. The Morgan fingerprint density at radius 2 is 1.89 bits per heavy atom. The van der Waals surface area contributed by atoms with Crippen molar-refractivity contribution in [3.63, 3.8) is 0 Å². The summed E-state index contributed by atoms with van der Waals surface area (Å²) < 4.78 is 26.8. The van der Waals surface area contributed by atoms with Crippen LogP contribution in [0, 0.1) is 11.7 Å². The molecule has 5 aromatic rings. The van der Waals surface area contributed by atoms with Gasteiger partial charge in [0, 0.05) is 64.2 Å². The summed E-state index contributed by atoms with van der Waals surface area (Å²) in [6.45, 7) is 7.18. The molecule has 0 unspecified atom stereocenters. The first-order chi connectivity index (χ1) is 21.4. The van der Waals surface area contributed by atoms with E-state index in [1.54, 1.807) is 24.5 Å². The monoisotopic (exact) mass is 609 g/mol. The Morgan fingerprint density at radius 1 is 1.02 bits per heavy atom. The highest BCUT2D eigenvalue weighted by Crippen LogP contribution is 2.46. The number of nitrogens with one attached hydrogen (secondary N) is 2. The predicted octanol–water partition coefficient (Wildman–Crippen LogP) is 7.49. The summed E-state index contributed by atoms with van der Waals surface area (Å²) in [4.78, 5) is 18.5. The van der Waals surface area contributed by atoms with Gasteiger partial charge in [0.15, 0.2) is 0 Å². The second-order valence-corrected chi connectivity index (χ2v) is 12.3. The van der Waals surface area contributed by atoms with Crippen molar-refractivity contribution in [3.05, 3.63) is 94.6 Å². The van der Waals surface area contributed by atoms with Gasteiger partial charge in [-0.15, -0.1) is 11.3 Å². The summed E-state index contributed by atoms with van der Waals surface area (Å²) in [6.07, 6.45) is 0.964. The third-order valence-electron chi connectivity index (χ3n) is 7.80. The van der Waals surface area contributed by atoms with Crippen LogP contribution in [0.1, 0.15) is 35.3 Å². The molecule has 44 heavy (non-hydrogen) atoms. The lowest BCUT2D eigenvalue weighted by Crippen LogP contribution is -2.27. The van der Waals surface area contributed by atoms with Crippen LogP contribution in [0.2, 0.25) is 0 Å². The molecule has 3 aromatic carbocycles. The van der Waals surface area contributed by atoms with Crippen LogP contribution in [0.25, 0.3) is 43.7 Å². The first-order valence-corrected chi connectivity index (χ1v) is 15.8. The Balaban J connectivity index is 1.58. The van der Waals surface area contributed by atoms with Crippen molar-refractivity contribution in [1.29, 1.82) is 0 Å². The molecule has 0 atom stereocenters. The van der Waals surface area contributed by atoms with Gasteiger partial charge in [-0.25, -0.2) is 9.37 Å². The molecule has 0 fully saturated rings. The van der Waals surface area contributed by atoms with E-state index in [1.165, 1.54) is 23.3 Å². The zero-order valence-electron chi connectivity index (χ0n) is 25.2.